The molecule has 0 spiro atoms. The normalized spacial score (nSPS) is 18.2. The van der Waals surface area contributed by atoms with Crippen LogP contribution >= 0.6 is 0 Å². The largest absolute Gasteiger partial charge is 0.378 e. The van der Waals surface area contributed by atoms with Gasteiger partial charge in [-0.05, 0) is 80.8 Å². The molecule has 0 unspecified atom stereocenters. The number of anilines is 1. The van der Waals surface area contributed by atoms with Gasteiger partial charge < -0.3 is 4.90 Å². The van der Waals surface area contributed by atoms with Gasteiger partial charge in [0.2, 0.25) is 0 Å². The van der Waals surface area contributed by atoms with Crippen molar-refractivity contribution in [2.75, 3.05) is 47.2 Å². The van der Waals surface area contributed by atoms with Crippen LogP contribution in [0.1, 0.15) is 11.1 Å². The van der Waals surface area contributed by atoms with Crippen LogP contribution in [0.3, 0.4) is 0 Å². The minimum absolute atomic E-state index is 0.178. The van der Waals surface area contributed by atoms with E-state index in [-0.39, 0.29) is 5.66 Å². The molecule has 3 heteroatoms. The molecule has 0 aromatic heterocycles. The van der Waals surface area contributed by atoms with E-state index in [2.05, 4.69) is 99.5 Å². The summed E-state index contributed by atoms with van der Waals surface area (Å²) in [5.74, 6) is 0. The van der Waals surface area contributed by atoms with Crippen LogP contribution in [-0.4, -0.2) is 57.7 Å². The maximum Gasteiger partial charge on any atom is 0.112 e. The van der Waals surface area contributed by atoms with Crippen molar-refractivity contribution in [2.45, 2.75) is 5.66 Å². The summed E-state index contributed by atoms with van der Waals surface area (Å²) >= 11 is 0. The van der Waals surface area contributed by atoms with E-state index in [9.17, 15) is 0 Å². The number of likely N-dealkylation sites (N-methyl/N-ethyl adjacent to an activating group) is 2. The molecule has 0 saturated heterocycles. The second kappa shape index (κ2) is 5.11. The van der Waals surface area contributed by atoms with Crippen LogP contribution in [0.4, 0.5) is 5.69 Å². The average molecular weight is 295 g/mol. The third kappa shape index (κ3) is 2.13. The van der Waals surface area contributed by atoms with Gasteiger partial charge in [-0.1, -0.05) is 12.1 Å². The lowest BCUT2D eigenvalue weighted by atomic mass is 9.90. The number of rotatable bonds is 3. The van der Waals surface area contributed by atoms with Gasteiger partial charge in [0.15, 0.2) is 0 Å². The van der Waals surface area contributed by atoms with Gasteiger partial charge in [-0.2, -0.15) is 0 Å². The summed E-state index contributed by atoms with van der Waals surface area (Å²) in [5.41, 5.74) is 6.35. The molecule has 0 amide bonds. The van der Waals surface area contributed by atoms with Crippen LogP contribution in [-0.2, 0) is 0 Å². The molecular weight excluding hydrogens is 270 g/mol. The molecule has 3 nitrogen and oxygen atoms in total. The van der Waals surface area contributed by atoms with Crippen molar-refractivity contribution in [1.29, 1.82) is 0 Å². The Morgan fingerprint density at radius 3 is 2.18 bits per heavy atom. The molecule has 0 bridgehead atoms. The van der Waals surface area contributed by atoms with E-state index in [1.54, 1.807) is 0 Å². The second-order valence-corrected chi connectivity index (χ2v) is 6.73. The number of allylic oxidation sites excluding steroid dienone is 3. The summed E-state index contributed by atoms with van der Waals surface area (Å²) in [7, 11) is 12.7. The molecule has 0 N–H and O–H groups in total. The van der Waals surface area contributed by atoms with Crippen molar-refractivity contribution in [2.24, 2.45) is 0 Å². The monoisotopic (exact) mass is 295 g/mol. The predicted octanol–water partition coefficient (Wildman–Crippen LogP) is 2.92. The first-order chi connectivity index (χ1) is 10.3. The van der Waals surface area contributed by atoms with E-state index in [4.69, 9.17) is 0 Å². The van der Waals surface area contributed by atoms with Gasteiger partial charge in [-0.3, -0.25) is 9.80 Å². The number of nitrogens with zero attached hydrogens (tertiary/aromatic N) is 3. The fraction of sp³-hybridized carbons (Fsp3) is 0.368. The Morgan fingerprint density at radius 2 is 1.59 bits per heavy atom. The zero-order chi connectivity index (χ0) is 16.1. The Balaban J connectivity index is 2.14. The maximum absolute atomic E-state index is 2.38. The molecule has 2 aliphatic carbocycles. The summed E-state index contributed by atoms with van der Waals surface area (Å²) in [6.45, 7) is 0. The second-order valence-electron chi connectivity index (χ2n) is 6.73. The van der Waals surface area contributed by atoms with E-state index >= 15 is 0 Å². The lowest BCUT2D eigenvalue weighted by molar-refractivity contribution is 0.0973. The van der Waals surface area contributed by atoms with Crippen LogP contribution in [0.25, 0.3) is 11.6 Å². The molecule has 0 radical (unpaired) electrons. The van der Waals surface area contributed by atoms with Gasteiger partial charge >= 0.3 is 0 Å². The SMILES string of the molecule is CN(C)c1ccc2c(c1)C1=CC(N(C)C)(N(C)C)C=CC1=C2. The van der Waals surface area contributed by atoms with Crippen LogP contribution in [0.5, 0.6) is 0 Å². The number of benzene rings is 1. The third-order valence-corrected chi connectivity index (χ3v) is 4.76. The van der Waals surface area contributed by atoms with E-state index in [1.165, 1.54) is 28.0 Å². The van der Waals surface area contributed by atoms with Crippen LogP contribution in [0.2, 0.25) is 0 Å². The predicted molar refractivity (Wildman–Crippen MR) is 96.0 cm³/mol. The molecule has 22 heavy (non-hydrogen) atoms. The Labute approximate surface area is 133 Å². The molecule has 0 heterocycles. The zero-order valence-electron chi connectivity index (χ0n) is 14.4. The number of hydrogen-bond acceptors (Lipinski definition) is 3. The highest BCUT2D eigenvalue weighted by Crippen LogP contribution is 2.43. The highest BCUT2D eigenvalue weighted by molar-refractivity contribution is 5.99. The highest BCUT2D eigenvalue weighted by Gasteiger charge is 2.35. The molecule has 3 rings (SSSR count). The lowest BCUT2D eigenvalue weighted by Gasteiger charge is -2.42. The van der Waals surface area contributed by atoms with Gasteiger partial charge in [0.1, 0.15) is 5.66 Å². The molecular formula is C19H25N3. The molecule has 1 aromatic carbocycles. The fourth-order valence-electron chi connectivity index (χ4n) is 3.31. The zero-order valence-corrected chi connectivity index (χ0v) is 14.4. The third-order valence-electron chi connectivity index (χ3n) is 4.76. The van der Waals surface area contributed by atoms with Gasteiger partial charge in [-0.25, -0.2) is 0 Å². The topological polar surface area (TPSA) is 9.72 Å². The number of fused-ring (bicyclic) bond motifs is 3. The molecule has 1 aromatic rings. The van der Waals surface area contributed by atoms with E-state index < -0.39 is 0 Å². The summed E-state index contributed by atoms with van der Waals surface area (Å²) in [5, 5.41) is 0. The Bertz CT molecular complexity index is 683. The van der Waals surface area contributed by atoms with Crippen molar-refractivity contribution in [1.82, 2.24) is 9.80 Å². The van der Waals surface area contributed by atoms with E-state index in [1.807, 2.05) is 0 Å². The molecule has 0 aliphatic heterocycles. The summed E-state index contributed by atoms with van der Waals surface area (Å²) in [6.07, 6.45) is 9.20. The maximum atomic E-state index is 2.38. The number of hydrogen-bond donors (Lipinski definition) is 0. The molecule has 0 fully saturated rings. The van der Waals surface area contributed by atoms with Gasteiger partial charge in [-0.15, -0.1) is 0 Å². The van der Waals surface area contributed by atoms with Crippen LogP contribution < -0.4 is 4.90 Å². The molecule has 0 saturated carbocycles. The summed E-state index contributed by atoms with van der Waals surface area (Å²) in [6, 6.07) is 6.69. The first-order valence-corrected chi connectivity index (χ1v) is 7.66. The van der Waals surface area contributed by atoms with E-state index in [0.717, 1.165) is 0 Å². The quantitative estimate of drug-likeness (QED) is 0.794. The fourth-order valence-corrected chi connectivity index (χ4v) is 3.31. The molecule has 0 atom stereocenters. The Hall–Kier alpha value is -1.84. The lowest BCUT2D eigenvalue weighted by Crippen LogP contribution is -2.53. The smallest absolute Gasteiger partial charge is 0.112 e. The molecule has 116 valence electrons. The minimum atomic E-state index is -0.178. The van der Waals surface area contributed by atoms with E-state index in [0.29, 0.717) is 0 Å². The first-order valence-electron chi connectivity index (χ1n) is 7.66. The Kier molecular flexibility index (Phi) is 3.50. The minimum Gasteiger partial charge on any atom is -0.378 e. The van der Waals surface area contributed by atoms with Crippen molar-refractivity contribution in [3.63, 3.8) is 0 Å². The van der Waals surface area contributed by atoms with Crippen molar-refractivity contribution >= 4 is 17.3 Å². The average Bonchev–Trinajstić information content (AvgIpc) is 2.83. The van der Waals surface area contributed by atoms with Gasteiger partial charge in [0.25, 0.3) is 0 Å². The first kappa shape index (κ1) is 15.1. The summed E-state index contributed by atoms with van der Waals surface area (Å²) < 4.78 is 0. The Morgan fingerprint density at radius 1 is 0.909 bits per heavy atom. The van der Waals surface area contributed by atoms with Gasteiger partial charge in [0, 0.05) is 19.8 Å². The summed E-state index contributed by atoms with van der Waals surface area (Å²) in [4.78, 5) is 6.66. The van der Waals surface area contributed by atoms with Crippen LogP contribution in [0, 0.1) is 0 Å². The van der Waals surface area contributed by atoms with Crippen molar-refractivity contribution in [3.05, 3.63) is 53.1 Å². The standard InChI is InChI=1S/C19H25N3/c1-20(2)16-8-7-14-11-15-9-10-19(21(3)4,22(5)6)13-18(15)17(14)12-16/h7-13H,1-6H3. The van der Waals surface area contributed by atoms with Crippen molar-refractivity contribution in [3.8, 4) is 0 Å². The van der Waals surface area contributed by atoms with Crippen molar-refractivity contribution < 1.29 is 0 Å². The highest BCUT2D eigenvalue weighted by atomic mass is 15.4. The van der Waals surface area contributed by atoms with Crippen LogP contribution in [0.15, 0.2) is 42.0 Å². The molecule has 2 aliphatic rings. The van der Waals surface area contributed by atoms with Gasteiger partial charge in [0.05, 0.1) is 0 Å².